The molecule has 0 aliphatic carbocycles. The zero-order chi connectivity index (χ0) is 12.5. The van der Waals surface area contributed by atoms with Crippen molar-refractivity contribution in [2.75, 3.05) is 13.2 Å². The Bertz CT molecular complexity index is 401. The van der Waals surface area contributed by atoms with Crippen molar-refractivity contribution in [3.05, 3.63) is 23.8 Å². The Morgan fingerprint density at radius 3 is 2.94 bits per heavy atom. The predicted molar refractivity (Wildman–Crippen MR) is 68.4 cm³/mol. The summed E-state index contributed by atoms with van der Waals surface area (Å²) < 4.78 is 5.57. The highest BCUT2D eigenvalue weighted by Crippen LogP contribution is 2.35. The average molecular weight is 235 g/mol. The van der Waals surface area contributed by atoms with Crippen molar-refractivity contribution in [2.45, 2.75) is 33.2 Å². The van der Waals surface area contributed by atoms with E-state index in [9.17, 15) is 5.11 Å². The molecular weight excluding hydrogens is 214 g/mol. The largest absolute Gasteiger partial charge is 0.508 e. The van der Waals surface area contributed by atoms with E-state index in [1.165, 1.54) is 0 Å². The highest BCUT2D eigenvalue weighted by atomic mass is 16.5. The molecule has 0 saturated carbocycles. The zero-order valence-corrected chi connectivity index (χ0v) is 10.8. The van der Waals surface area contributed by atoms with Gasteiger partial charge in [-0.15, -0.1) is 0 Å². The maximum atomic E-state index is 9.38. The van der Waals surface area contributed by atoms with Gasteiger partial charge in [0, 0.05) is 18.2 Å². The highest BCUT2D eigenvalue weighted by molar-refractivity contribution is 5.44. The molecule has 3 nitrogen and oxygen atoms in total. The second kappa shape index (κ2) is 4.57. The zero-order valence-electron chi connectivity index (χ0n) is 10.8. The Balaban J connectivity index is 2.03. The third kappa shape index (κ3) is 2.72. The van der Waals surface area contributed by atoms with Crippen LogP contribution in [0.2, 0.25) is 0 Å². The maximum Gasteiger partial charge on any atom is 0.127 e. The minimum absolute atomic E-state index is 0.247. The molecule has 1 atom stereocenters. The normalized spacial score (nSPS) is 18.9. The number of nitrogens with one attached hydrogen (secondary N) is 1. The monoisotopic (exact) mass is 235 g/mol. The van der Waals surface area contributed by atoms with Gasteiger partial charge in [0.15, 0.2) is 0 Å². The molecule has 1 aliphatic rings. The Morgan fingerprint density at radius 1 is 1.47 bits per heavy atom. The fourth-order valence-corrected chi connectivity index (χ4v) is 1.89. The summed E-state index contributed by atoms with van der Waals surface area (Å²) in [5, 5.41) is 12.9. The molecule has 1 aromatic rings. The van der Waals surface area contributed by atoms with Gasteiger partial charge in [-0.3, -0.25) is 0 Å². The highest BCUT2D eigenvalue weighted by Gasteiger charge is 2.26. The molecule has 0 radical (unpaired) electrons. The molecule has 0 aromatic heterocycles. The Labute approximate surface area is 103 Å². The molecule has 1 aromatic carbocycles. The first-order valence-corrected chi connectivity index (χ1v) is 6.21. The average Bonchev–Trinajstić information content (AvgIpc) is 2.69. The van der Waals surface area contributed by atoms with Gasteiger partial charge in [-0.05, 0) is 24.0 Å². The molecule has 3 heteroatoms. The summed E-state index contributed by atoms with van der Waals surface area (Å²) in [5.41, 5.74) is 1.45. The van der Waals surface area contributed by atoms with Crippen LogP contribution in [0.25, 0.3) is 0 Å². The lowest BCUT2D eigenvalue weighted by Crippen LogP contribution is -2.32. The van der Waals surface area contributed by atoms with E-state index < -0.39 is 0 Å². The van der Waals surface area contributed by atoms with E-state index in [1.807, 2.05) is 6.07 Å². The molecule has 0 amide bonds. The second-order valence-corrected chi connectivity index (χ2v) is 5.48. The molecule has 17 heavy (non-hydrogen) atoms. The van der Waals surface area contributed by atoms with Crippen LogP contribution in [0.3, 0.4) is 0 Å². The summed E-state index contributed by atoms with van der Waals surface area (Å²) in [6.45, 7) is 8.34. The van der Waals surface area contributed by atoms with Gasteiger partial charge in [0.2, 0.25) is 0 Å². The van der Waals surface area contributed by atoms with Crippen molar-refractivity contribution in [1.82, 2.24) is 5.32 Å². The number of hydrogen-bond donors (Lipinski definition) is 2. The van der Waals surface area contributed by atoms with Crippen LogP contribution in [0, 0.1) is 5.41 Å². The fraction of sp³-hybridized carbons (Fsp3) is 0.571. The number of phenolic OH excluding ortho intramolecular Hbond substituents is 1. The fourth-order valence-electron chi connectivity index (χ4n) is 1.89. The first-order chi connectivity index (χ1) is 8.02. The molecule has 1 heterocycles. The van der Waals surface area contributed by atoms with Crippen molar-refractivity contribution in [3.8, 4) is 11.5 Å². The molecule has 0 saturated heterocycles. The van der Waals surface area contributed by atoms with Crippen molar-refractivity contribution >= 4 is 0 Å². The van der Waals surface area contributed by atoms with Crippen molar-refractivity contribution in [2.24, 2.45) is 5.41 Å². The number of fused-ring (bicyclic) bond motifs is 1. The lowest BCUT2D eigenvalue weighted by atomic mass is 9.90. The van der Waals surface area contributed by atoms with Crippen LogP contribution in [0.15, 0.2) is 18.2 Å². The van der Waals surface area contributed by atoms with Crippen LogP contribution in [0.5, 0.6) is 11.5 Å². The number of phenols is 1. The summed E-state index contributed by atoms with van der Waals surface area (Å²) >= 11 is 0. The standard InChI is InChI=1S/C14H21NO2/c1-4-14(2,3)9-15-12-8-17-13-7-10(16)5-6-11(12)13/h5-7,12,15-16H,4,8-9H2,1-3H3. The maximum absolute atomic E-state index is 9.38. The summed E-state index contributed by atoms with van der Waals surface area (Å²) in [5.74, 6) is 1.06. The summed E-state index contributed by atoms with van der Waals surface area (Å²) in [7, 11) is 0. The number of aromatic hydroxyl groups is 1. The minimum Gasteiger partial charge on any atom is -0.508 e. The quantitative estimate of drug-likeness (QED) is 0.843. The topological polar surface area (TPSA) is 41.5 Å². The first kappa shape index (κ1) is 12.2. The van der Waals surface area contributed by atoms with Gasteiger partial charge < -0.3 is 15.2 Å². The molecule has 1 aliphatic heterocycles. The molecule has 94 valence electrons. The second-order valence-electron chi connectivity index (χ2n) is 5.48. The van der Waals surface area contributed by atoms with Gasteiger partial charge >= 0.3 is 0 Å². The number of hydrogen-bond acceptors (Lipinski definition) is 3. The van der Waals surface area contributed by atoms with Gasteiger partial charge in [0.05, 0.1) is 6.04 Å². The number of rotatable bonds is 4. The summed E-state index contributed by atoms with van der Waals surface area (Å²) in [6.07, 6.45) is 1.15. The van der Waals surface area contributed by atoms with Crippen LogP contribution < -0.4 is 10.1 Å². The Hall–Kier alpha value is -1.22. The Morgan fingerprint density at radius 2 is 2.24 bits per heavy atom. The van der Waals surface area contributed by atoms with Gasteiger partial charge in [-0.2, -0.15) is 0 Å². The smallest absolute Gasteiger partial charge is 0.127 e. The lowest BCUT2D eigenvalue weighted by molar-refractivity contribution is 0.270. The molecule has 2 rings (SSSR count). The van der Waals surface area contributed by atoms with E-state index in [0.29, 0.717) is 12.0 Å². The molecule has 2 N–H and O–H groups in total. The van der Waals surface area contributed by atoms with E-state index in [0.717, 1.165) is 24.3 Å². The Kier molecular flexibility index (Phi) is 3.29. The van der Waals surface area contributed by atoms with E-state index in [-0.39, 0.29) is 11.8 Å². The van der Waals surface area contributed by atoms with Gasteiger partial charge in [0.1, 0.15) is 18.1 Å². The van der Waals surface area contributed by atoms with E-state index >= 15 is 0 Å². The summed E-state index contributed by atoms with van der Waals surface area (Å²) in [4.78, 5) is 0. The van der Waals surface area contributed by atoms with Crippen molar-refractivity contribution in [1.29, 1.82) is 0 Å². The van der Waals surface area contributed by atoms with E-state index in [2.05, 4.69) is 26.1 Å². The van der Waals surface area contributed by atoms with Gasteiger partial charge in [0.25, 0.3) is 0 Å². The van der Waals surface area contributed by atoms with E-state index in [1.54, 1.807) is 12.1 Å². The van der Waals surface area contributed by atoms with Crippen molar-refractivity contribution in [3.63, 3.8) is 0 Å². The lowest BCUT2D eigenvalue weighted by Gasteiger charge is -2.25. The molecular formula is C14H21NO2. The minimum atomic E-state index is 0.247. The molecule has 0 spiro atoms. The third-order valence-electron chi connectivity index (χ3n) is 3.56. The SMILES string of the molecule is CCC(C)(C)CNC1COc2cc(O)ccc21. The van der Waals surface area contributed by atoms with E-state index in [4.69, 9.17) is 4.74 Å². The van der Waals surface area contributed by atoms with Crippen LogP contribution >= 0.6 is 0 Å². The van der Waals surface area contributed by atoms with Crippen LogP contribution in [0.1, 0.15) is 38.8 Å². The molecule has 1 unspecified atom stereocenters. The van der Waals surface area contributed by atoms with Gasteiger partial charge in [-0.1, -0.05) is 20.8 Å². The van der Waals surface area contributed by atoms with Crippen LogP contribution in [-0.2, 0) is 0 Å². The summed E-state index contributed by atoms with van der Waals surface area (Å²) in [6, 6.07) is 5.58. The van der Waals surface area contributed by atoms with Crippen LogP contribution in [-0.4, -0.2) is 18.3 Å². The van der Waals surface area contributed by atoms with Crippen LogP contribution in [0.4, 0.5) is 0 Å². The molecule has 0 fully saturated rings. The predicted octanol–water partition coefficient (Wildman–Crippen LogP) is 2.85. The van der Waals surface area contributed by atoms with Crippen molar-refractivity contribution < 1.29 is 9.84 Å². The first-order valence-electron chi connectivity index (χ1n) is 6.21. The van der Waals surface area contributed by atoms with Gasteiger partial charge in [-0.25, -0.2) is 0 Å². The molecule has 0 bridgehead atoms. The third-order valence-corrected chi connectivity index (χ3v) is 3.56. The number of benzene rings is 1. The number of ether oxygens (including phenoxy) is 1.